The maximum Gasteiger partial charge on any atom is 0.286 e. The molecule has 1 aliphatic heterocycles. The topological polar surface area (TPSA) is 136 Å². The summed E-state index contributed by atoms with van der Waals surface area (Å²) in [5.74, 6) is 0. The summed E-state index contributed by atoms with van der Waals surface area (Å²) in [5, 5.41) is 33.3. The minimum absolute atomic E-state index is 0.0604. The molecule has 25 heavy (non-hydrogen) atoms. The highest BCUT2D eigenvalue weighted by Crippen LogP contribution is 2.34. The van der Waals surface area contributed by atoms with Gasteiger partial charge in [-0.2, -0.15) is 0 Å². The number of piperazine rings is 1. The molecule has 0 bridgehead atoms. The zero-order chi connectivity index (χ0) is 18.6. The van der Waals surface area contributed by atoms with Crippen LogP contribution in [0.25, 0.3) is 0 Å². The zero-order valence-corrected chi connectivity index (χ0v) is 13.8. The van der Waals surface area contributed by atoms with Gasteiger partial charge in [0, 0.05) is 26.2 Å². The molecule has 0 aliphatic carbocycles. The summed E-state index contributed by atoms with van der Waals surface area (Å²) in [7, 11) is 2.03. The summed E-state index contributed by atoms with van der Waals surface area (Å²) in [6.45, 7) is 4.27. The first-order valence-electron chi connectivity index (χ1n) is 7.80. The molecule has 0 N–H and O–H groups in total. The van der Waals surface area contributed by atoms with Gasteiger partial charge in [0.05, 0.1) is 26.9 Å². The van der Waals surface area contributed by atoms with Gasteiger partial charge in [-0.05, 0) is 26.4 Å². The smallest absolute Gasteiger partial charge is 0.286 e. The van der Waals surface area contributed by atoms with Crippen LogP contribution in [-0.2, 0) is 6.42 Å². The molecule has 1 heterocycles. The molecule has 11 nitrogen and oxygen atoms in total. The summed E-state index contributed by atoms with van der Waals surface area (Å²) in [6.07, 6.45) is 0.625. The molecule has 11 heteroatoms. The highest BCUT2D eigenvalue weighted by molar-refractivity contribution is 5.60. The van der Waals surface area contributed by atoms with Gasteiger partial charge in [-0.25, -0.2) is 0 Å². The van der Waals surface area contributed by atoms with Crippen molar-refractivity contribution in [1.29, 1.82) is 0 Å². The Morgan fingerprint density at radius 3 is 1.88 bits per heavy atom. The molecule has 1 aromatic carbocycles. The van der Waals surface area contributed by atoms with Gasteiger partial charge in [0.25, 0.3) is 17.1 Å². The fraction of sp³-hybridized carbons (Fsp3) is 0.571. The molecular formula is C14H19N5O6. The van der Waals surface area contributed by atoms with Crippen molar-refractivity contribution < 1.29 is 14.8 Å². The molecular weight excluding hydrogens is 334 g/mol. The van der Waals surface area contributed by atoms with Gasteiger partial charge in [-0.1, -0.05) is 0 Å². The Balaban J connectivity index is 2.18. The second-order valence-corrected chi connectivity index (χ2v) is 5.98. The monoisotopic (exact) mass is 353 g/mol. The maximum absolute atomic E-state index is 11.2. The van der Waals surface area contributed by atoms with E-state index in [9.17, 15) is 30.3 Å². The highest BCUT2D eigenvalue weighted by atomic mass is 16.6. The summed E-state index contributed by atoms with van der Waals surface area (Å²) in [5.41, 5.74) is -1.85. The van der Waals surface area contributed by atoms with Crippen molar-refractivity contribution >= 4 is 17.1 Å². The van der Waals surface area contributed by atoms with Crippen LogP contribution in [0.5, 0.6) is 0 Å². The molecule has 1 fully saturated rings. The van der Waals surface area contributed by atoms with Crippen molar-refractivity contribution in [2.75, 3.05) is 39.8 Å². The standard InChI is InChI=1S/C14H19N5O6/c1-15-5-7-16(8-6-15)4-2-3-12-13(18(22)23)9-11(17(20)21)10-14(12)19(24)25/h9-10H,2-8H2,1H3. The van der Waals surface area contributed by atoms with E-state index in [1.165, 1.54) is 0 Å². The van der Waals surface area contributed by atoms with Gasteiger partial charge >= 0.3 is 0 Å². The molecule has 1 aliphatic rings. The molecule has 0 unspecified atom stereocenters. The second kappa shape index (κ2) is 7.94. The molecule has 0 amide bonds. The van der Waals surface area contributed by atoms with Crippen molar-refractivity contribution in [3.8, 4) is 0 Å². The largest absolute Gasteiger partial charge is 0.304 e. The second-order valence-electron chi connectivity index (χ2n) is 5.98. The maximum atomic E-state index is 11.2. The summed E-state index contributed by atoms with van der Waals surface area (Å²) in [6, 6.07) is 1.58. The summed E-state index contributed by atoms with van der Waals surface area (Å²) in [4.78, 5) is 35.2. The van der Waals surface area contributed by atoms with Gasteiger partial charge < -0.3 is 9.80 Å². The first-order valence-corrected chi connectivity index (χ1v) is 7.80. The number of hydrogen-bond donors (Lipinski definition) is 0. The highest BCUT2D eigenvalue weighted by Gasteiger charge is 2.30. The lowest BCUT2D eigenvalue weighted by molar-refractivity contribution is -0.404. The number of nitro groups is 3. The summed E-state index contributed by atoms with van der Waals surface area (Å²) < 4.78 is 0. The van der Waals surface area contributed by atoms with Crippen LogP contribution >= 0.6 is 0 Å². The predicted octanol–water partition coefficient (Wildman–Crippen LogP) is 1.59. The number of nitro benzene ring substituents is 3. The third-order valence-electron chi connectivity index (χ3n) is 4.29. The molecule has 136 valence electrons. The number of hydrogen-bond acceptors (Lipinski definition) is 8. The van der Waals surface area contributed by atoms with Crippen LogP contribution in [0.3, 0.4) is 0 Å². The third-order valence-corrected chi connectivity index (χ3v) is 4.29. The van der Waals surface area contributed by atoms with Crippen LogP contribution in [-0.4, -0.2) is 64.3 Å². The molecule has 0 aromatic heterocycles. The molecule has 0 atom stereocenters. The third kappa shape index (κ3) is 4.67. The van der Waals surface area contributed by atoms with Crippen molar-refractivity contribution in [1.82, 2.24) is 9.80 Å². The van der Waals surface area contributed by atoms with Crippen LogP contribution in [0.1, 0.15) is 12.0 Å². The lowest BCUT2D eigenvalue weighted by Gasteiger charge is -2.32. The number of likely N-dealkylation sites (N-methyl/N-ethyl adjacent to an activating group) is 1. The zero-order valence-electron chi connectivity index (χ0n) is 13.8. The first kappa shape index (κ1) is 18.7. The van der Waals surface area contributed by atoms with Gasteiger partial charge in [0.15, 0.2) is 0 Å². The SMILES string of the molecule is CN1CCN(CCCc2c([N+](=O)[O-])cc([N+](=O)[O-])cc2[N+](=O)[O-])CC1. The minimum Gasteiger partial charge on any atom is -0.304 e. The Kier molecular flexibility index (Phi) is 5.93. The van der Waals surface area contributed by atoms with Gasteiger partial charge in [0.2, 0.25) is 0 Å². The van der Waals surface area contributed by atoms with E-state index in [0.29, 0.717) is 13.0 Å². The Hall–Kier alpha value is -2.66. The molecule has 0 spiro atoms. The van der Waals surface area contributed by atoms with E-state index in [2.05, 4.69) is 9.80 Å². The van der Waals surface area contributed by atoms with Crippen molar-refractivity contribution in [3.63, 3.8) is 0 Å². The quantitative estimate of drug-likeness (QED) is 0.532. The summed E-state index contributed by atoms with van der Waals surface area (Å²) >= 11 is 0. The fourth-order valence-electron chi connectivity index (χ4n) is 2.87. The number of rotatable bonds is 7. The number of nitrogens with zero attached hydrogens (tertiary/aromatic N) is 5. The predicted molar refractivity (Wildman–Crippen MR) is 88.7 cm³/mol. The van der Waals surface area contributed by atoms with E-state index < -0.39 is 31.8 Å². The van der Waals surface area contributed by atoms with E-state index >= 15 is 0 Å². The number of non-ortho nitro benzene ring substituents is 1. The minimum atomic E-state index is -0.867. The van der Waals surface area contributed by atoms with Crippen molar-refractivity contribution in [2.45, 2.75) is 12.8 Å². The van der Waals surface area contributed by atoms with E-state index in [-0.39, 0.29) is 12.0 Å². The van der Waals surface area contributed by atoms with Crippen molar-refractivity contribution in [3.05, 3.63) is 48.0 Å². The van der Waals surface area contributed by atoms with Gasteiger partial charge in [0.1, 0.15) is 5.56 Å². The molecule has 2 rings (SSSR count). The Morgan fingerprint density at radius 1 is 0.920 bits per heavy atom. The van der Waals surface area contributed by atoms with Crippen LogP contribution in [0, 0.1) is 30.3 Å². The van der Waals surface area contributed by atoms with Crippen molar-refractivity contribution in [2.24, 2.45) is 0 Å². The molecule has 1 aromatic rings. The Morgan fingerprint density at radius 2 is 1.44 bits per heavy atom. The van der Waals surface area contributed by atoms with E-state index in [4.69, 9.17) is 0 Å². The van der Waals surface area contributed by atoms with E-state index in [1.807, 2.05) is 7.05 Å². The van der Waals surface area contributed by atoms with Crippen LogP contribution in [0.2, 0.25) is 0 Å². The first-order chi connectivity index (χ1) is 11.8. The molecule has 0 radical (unpaired) electrons. The normalized spacial score (nSPS) is 15.9. The van der Waals surface area contributed by atoms with Crippen LogP contribution in [0.15, 0.2) is 12.1 Å². The Labute approximate surface area is 143 Å². The van der Waals surface area contributed by atoms with E-state index in [1.54, 1.807) is 0 Å². The van der Waals surface area contributed by atoms with E-state index in [0.717, 1.165) is 38.3 Å². The average Bonchev–Trinajstić information content (AvgIpc) is 2.55. The lowest BCUT2D eigenvalue weighted by Crippen LogP contribution is -2.44. The lowest BCUT2D eigenvalue weighted by atomic mass is 10.0. The average molecular weight is 353 g/mol. The Bertz CT molecular complexity index is 651. The fourth-order valence-corrected chi connectivity index (χ4v) is 2.87. The van der Waals surface area contributed by atoms with Crippen LogP contribution < -0.4 is 0 Å². The molecule has 0 saturated carbocycles. The van der Waals surface area contributed by atoms with Crippen LogP contribution in [0.4, 0.5) is 17.1 Å². The van der Waals surface area contributed by atoms with Gasteiger partial charge in [-0.15, -0.1) is 0 Å². The number of benzene rings is 1. The molecule has 1 saturated heterocycles. The van der Waals surface area contributed by atoms with Gasteiger partial charge in [-0.3, -0.25) is 30.3 Å².